The number of amides is 1. The number of para-hydroxylation sites is 1. The summed E-state index contributed by atoms with van der Waals surface area (Å²) in [6.45, 7) is 2.67. The Hall–Kier alpha value is -1.61. The Morgan fingerprint density at radius 3 is 2.39 bits per heavy atom. The predicted molar refractivity (Wildman–Crippen MR) is 88.3 cm³/mol. The summed E-state index contributed by atoms with van der Waals surface area (Å²) in [7, 11) is -3.86. The van der Waals surface area contributed by atoms with Crippen molar-refractivity contribution in [3.05, 3.63) is 39.6 Å². The Balaban J connectivity index is 2.08. The Morgan fingerprint density at radius 2 is 1.87 bits per heavy atom. The first-order chi connectivity index (χ1) is 10.7. The summed E-state index contributed by atoms with van der Waals surface area (Å²) in [4.78, 5) is 12.0. The summed E-state index contributed by atoms with van der Waals surface area (Å²) in [6, 6.07) is 4.75. The van der Waals surface area contributed by atoms with Gasteiger partial charge in [-0.05, 0) is 26.0 Å². The molecular weight excluding hydrogens is 363 g/mol. The number of hydrogen-bond donors (Lipinski definition) is 3. The third-order valence-corrected chi connectivity index (χ3v) is 5.27. The van der Waals surface area contributed by atoms with Crippen molar-refractivity contribution in [1.82, 2.24) is 14.9 Å². The van der Waals surface area contributed by atoms with Gasteiger partial charge in [-0.2, -0.15) is 5.10 Å². The van der Waals surface area contributed by atoms with Crippen LogP contribution >= 0.6 is 23.2 Å². The topological polar surface area (TPSA) is 104 Å². The number of nitrogens with zero attached hydrogens (tertiary/aromatic N) is 1. The molecule has 3 N–H and O–H groups in total. The van der Waals surface area contributed by atoms with Crippen LogP contribution in [0.1, 0.15) is 11.4 Å². The SMILES string of the molecule is Cc1n[nH]c(C)c1S(=O)(=O)NCC(=O)Nc1c(Cl)cccc1Cl. The monoisotopic (exact) mass is 376 g/mol. The molecule has 0 unspecified atom stereocenters. The van der Waals surface area contributed by atoms with Crippen LogP contribution < -0.4 is 10.0 Å². The normalized spacial score (nSPS) is 11.5. The van der Waals surface area contributed by atoms with E-state index in [0.717, 1.165) is 0 Å². The fourth-order valence-electron chi connectivity index (χ4n) is 1.97. The van der Waals surface area contributed by atoms with E-state index in [9.17, 15) is 13.2 Å². The fraction of sp³-hybridized carbons (Fsp3) is 0.231. The molecule has 1 aromatic heterocycles. The highest BCUT2D eigenvalue weighted by atomic mass is 35.5. The van der Waals surface area contributed by atoms with Crippen molar-refractivity contribution in [2.24, 2.45) is 0 Å². The second-order valence-corrected chi connectivity index (χ2v) is 7.25. The van der Waals surface area contributed by atoms with Crippen molar-refractivity contribution < 1.29 is 13.2 Å². The molecule has 0 radical (unpaired) electrons. The van der Waals surface area contributed by atoms with Crippen LogP contribution in [0.3, 0.4) is 0 Å². The van der Waals surface area contributed by atoms with Crippen molar-refractivity contribution >= 4 is 44.8 Å². The highest BCUT2D eigenvalue weighted by Gasteiger charge is 2.23. The maximum atomic E-state index is 12.2. The predicted octanol–water partition coefficient (Wildman–Crippen LogP) is 2.25. The molecule has 0 saturated carbocycles. The van der Waals surface area contributed by atoms with Crippen molar-refractivity contribution in [2.75, 3.05) is 11.9 Å². The lowest BCUT2D eigenvalue weighted by Gasteiger charge is -2.10. The molecule has 1 heterocycles. The average molecular weight is 377 g/mol. The number of nitrogens with one attached hydrogen (secondary N) is 3. The first-order valence-electron chi connectivity index (χ1n) is 6.47. The van der Waals surface area contributed by atoms with Gasteiger partial charge in [0.05, 0.1) is 33.7 Å². The molecule has 124 valence electrons. The molecule has 0 saturated heterocycles. The largest absolute Gasteiger partial charge is 0.322 e. The number of aryl methyl sites for hydroxylation is 2. The molecule has 7 nitrogen and oxygen atoms in total. The maximum absolute atomic E-state index is 12.2. The van der Waals surface area contributed by atoms with Crippen LogP contribution in [0.2, 0.25) is 10.0 Å². The van der Waals surface area contributed by atoms with E-state index in [4.69, 9.17) is 23.2 Å². The van der Waals surface area contributed by atoms with E-state index in [1.165, 1.54) is 0 Å². The van der Waals surface area contributed by atoms with E-state index in [1.54, 1.807) is 32.0 Å². The van der Waals surface area contributed by atoms with Gasteiger partial charge in [0, 0.05) is 0 Å². The lowest BCUT2D eigenvalue weighted by atomic mass is 10.3. The lowest BCUT2D eigenvalue weighted by Crippen LogP contribution is -2.33. The quantitative estimate of drug-likeness (QED) is 0.743. The highest BCUT2D eigenvalue weighted by molar-refractivity contribution is 7.89. The van der Waals surface area contributed by atoms with Crippen molar-refractivity contribution in [3.8, 4) is 0 Å². The summed E-state index contributed by atoms with van der Waals surface area (Å²) in [6.07, 6.45) is 0. The van der Waals surface area contributed by atoms with Gasteiger partial charge in [-0.3, -0.25) is 9.89 Å². The number of aromatic amines is 1. The standard InChI is InChI=1S/C13H14Cl2N4O3S/c1-7-13(8(2)19-18-7)23(21,22)16-6-11(20)17-12-9(14)4-3-5-10(12)15/h3-5,16H,6H2,1-2H3,(H,17,20)(H,18,19). The smallest absolute Gasteiger partial charge is 0.244 e. The van der Waals surface area contributed by atoms with Crippen LogP contribution in [-0.4, -0.2) is 31.1 Å². The van der Waals surface area contributed by atoms with Crippen LogP contribution in [0.5, 0.6) is 0 Å². The van der Waals surface area contributed by atoms with Gasteiger partial charge in [0.2, 0.25) is 15.9 Å². The van der Waals surface area contributed by atoms with E-state index >= 15 is 0 Å². The Bertz CT molecular complexity index is 809. The van der Waals surface area contributed by atoms with Gasteiger partial charge in [0.25, 0.3) is 0 Å². The summed E-state index contributed by atoms with van der Waals surface area (Å²) in [5.74, 6) is -0.595. The molecule has 2 aromatic rings. The Kier molecular flexibility index (Phi) is 5.30. The van der Waals surface area contributed by atoms with Gasteiger partial charge in [-0.1, -0.05) is 29.3 Å². The number of anilines is 1. The van der Waals surface area contributed by atoms with Crippen LogP contribution in [0.4, 0.5) is 5.69 Å². The van der Waals surface area contributed by atoms with Crippen LogP contribution in [0.25, 0.3) is 0 Å². The van der Waals surface area contributed by atoms with Gasteiger partial charge in [-0.15, -0.1) is 0 Å². The van der Waals surface area contributed by atoms with Gasteiger partial charge in [-0.25, -0.2) is 13.1 Å². The number of carbonyl (C=O) groups is 1. The number of H-pyrrole nitrogens is 1. The second kappa shape index (κ2) is 6.88. The van der Waals surface area contributed by atoms with Crippen LogP contribution in [0.15, 0.2) is 23.1 Å². The minimum atomic E-state index is -3.86. The number of hydrogen-bond acceptors (Lipinski definition) is 4. The Morgan fingerprint density at radius 1 is 1.26 bits per heavy atom. The van der Waals surface area contributed by atoms with E-state index < -0.39 is 22.5 Å². The number of benzene rings is 1. The molecule has 0 aliphatic rings. The molecule has 0 fully saturated rings. The fourth-order valence-corrected chi connectivity index (χ4v) is 3.81. The highest BCUT2D eigenvalue weighted by Crippen LogP contribution is 2.29. The van der Waals surface area contributed by atoms with Gasteiger partial charge < -0.3 is 5.32 Å². The van der Waals surface area contributed by atoms with Crippen molar-refractivity contribution in [1.29, 1.82) is 0 Å². The van der Waals surface area contributed by atoms with Gasteiger partial charge >= 0.3 is 0 Å². The molecular formula is C13H14Cl2N4O3S. The van der Waals surface area contributed by atoms with Crippen LogP contribution in [0, 0.1) is 13.8 Å². The molecule has 0 aliphatic heterocycles. The average Bonchev–Trinajstić information content (AvgIpc) is 2.81. The minimum absolute atomic E-state index is 0.0288. The molecule has 10 heteroatoms. The minimum Gasteiger partial charge on any atom is -0.322 e. The first-order valence-corrected chi connectivity index (χ1v) is 8.71. The van der Waals surface area contributed by atoms with Crippen molar-refractivity contribution in [3.63, 3.8) is 0 Å². The van der Waals surface area contributed by atoms with Gasteiger partial charge in [0.1, 0.15) is 4.90 Å². The zero-order chi connectivity index (χ0) is 17.2. The molecule has 0 bridgehead atoms. The van der Waals surface area contributed by atoms with E-state index in [1.807, 2.05) is 0 Å². The second-order valence-electron chi connectivity index (χ2n) is 4.73. The molecule has 0 spiro atoms. The summed E-state index contributed by atoms with van der Waals surface area (Å²) < 4.78 is 26.7. The summed E-state index contributed by atoms with van der Waals surface area (Å²) in [5, 5.41) is 9.39. The number of sulfonamides is 1. The number of rotatable bonds is 5. The molecule has 0 aliphatic carbocycles. The molecule has 1 aromatic carbocycles. The molecule has 23 heavy (non-hydrogen) atoms. The van der Waals surface area contributed by atoms with E-state index in [2.05, 4.69) is 20.2 Å². The number of aromatic nitrogens is 2. The van der Waals surface area contributed by atoms with Crippen molar-refractivity contribution in [2.45, 2.75) is 18.7 Å². The maximum Gasteiger partial charge on any atom is 0.244 e. The molecule has 0 atom stereocenters. The van der Waals surface area contributed by atoms with E-state index in [0.29, 0.717) is 11.4 Å². The van der Waals surface area contributed by atoms with Gasteiger partial charge in [0.15, 0.2) is 0 Å². The van der Waals surface area contributed by atoms with E-state index in [-0.39, 0.29) is 20.6 Å². The summed E-state index contributed by atoms with van der Waals surface area (Å²) >= 11 is 11.9. The zero-order valence-corrected chi connectivity index (χ0v) is 14.6. The number of carbonyl (C=O) groups excluding carboxylic acids is 1. The molecule has 2 rings (SSSR count). The zero-order valence-electron chi connectivity index (χ0n) is 12.3. The molecule has 1 amide bonds. The number of halogens is 2. The summed E-state index contributed by atoms with van der Waals surface area (Å²) in [5.41, 5.74) is 0.949. The third-order valence-electron chi connectivity index (χ3n) is 2.98. The third kappa shape index (κ3) is 4.03. The van der Waals surface area contributed by atoms with Crippen LogP contribution in [-0.2, 0) is 14.8 Å². The lowest BCUT2D eigenvalue weighted by molar-refractivity contribution is -0.115. The first kappa shape index (κ1) is 17.7. The Labute approximate surface area is 143 Å².